The number of anilines is 2. The number of nitrogen functional groups attached to an aromatic ring is 1. The molecule has 1 atom stereocenters. The third kappa shape index (κ3) is 4.55. The average molecular weight is 283 g/mol. The molecule has 0 bridgehead atoms. The number of hydrogen-bond donors (Lipinski definition) is 2. The third-order valence-corrected chi connectivity index (χ3v) is 3.98. The van der Waals surface area contributed by atoms with Crippen molar-refractivity contribution in [1.82, 2.24) is 4.90 Å². The summed E-state index contributed by atoms with van der Waals surface area (Å²) in [6.45, 7) is 2.50. The van der Waals surface area contributed by atoms with Crippen LogP contribution in [0, 0.1) is 0 Å². The van der Waals surface area contributed by atoms with E-state index in [2.05, 4.69) is 5.32 Å². The van der Waals surface area contributed by atoms with Gasteiger partial charge in [0.15, 0.2) is 0 Å². The molecule has 1 amide bonds. The topological polar surface area (TPSA) is 75.4 Å². The molecule has 0 aromatic heterocycles. The molecule has 6 heteroatoms. The SMILES string of the molecule is CCS(=O)CCNc1ccc(C(=O)N(C)C)cc1N. The quantitative estimate of drug-likeness (QED) is 0.768. The summed E-state index contributed by atoms with van der Waals surface area (Å²) in [5.41, 5.74) is 7.75. The molecular weight excluding hydrogens is 262 g/mol. The van der Waals surface area contributed by atoms with Gasteiger partial charge in [0.05, 0.1) is 11.4 Å². The Hall–Kier alpha value is -1.56. The molecule has 0 spiro atoms. The van der Waals surface area contributed by atoms with Gasteiger partial charge in [0.2, 0.25) is 0 Å². The van der Waals surface area contributed by atoms with Gasteiger partial charge in [-0.05, 0) is 18.2 Å². The highest BCUT2D eigenvalue weighted by Crippen LogP contribution is 2.20. The fourth-order valence-corrected chi connectivity index (χ4v) is 2.18. The molecule has 0 radical (unpaired) electrons. The maximum atomic E-state index is 11.8. The standard InChI is InChI=1S/C13H21N3O2S/c1-4-19(18)8-7-15-12-6-5-10(9-11(12)14)13(17)16(2)3/h5-6,9,15H,4,7-8,14H2,1-3H3. The summed E-state index contributed by atoms with van der Waals surface area (Å²) in [6, 6.07) is 5.17. The zero-order chi connectivity index (χ0) is 14.4. The van der Waals surface area contributed by atoms with E-state index < -0.39 is 10.8 Å². The molecular formula is C13H21N3O2S. The van der Waals surface area contributed by atoms with E-state index >= 15 is 0 Å². The number of benzene rings is 1. The van der Waals surface area contributed by atoms with Crippen molar-refractivity contribution in [3.05, 3.63) is 23.8 Å². The van der Waals surface area contributed by atoms with Crippen molar-refractivity contribution in [2.24, 2.45) is 0 Å². The minimum absolute atomic E-state index is 0.0784. The lowest BCUT2D eigenvalue weighted by molar-refractivity contribution is 0.0827. The van der Waals surface area contributed by atoms with Crippen molar-refractivity contribution in [3.63, 3.8) is 0 Å². The van der Waals surface area contributed by atoms with Crippen LogP contribution in [0.5, 0.6) is 0 Å². The van der Waals surface area contributed by atoms with Gasteiger partial charge in [-0.3, -0.25) is 9.00 Å². The Morgan fingerprint density at radius 1 is 1.42 bits per heavy atom. The van der Waals surface area contributed by atoms with Gasteiger partial charge in [0.25, 0.3) is 5.91 Å². The Morgan fingerprint density at radius 2 is 2.11 bits per heavy atom. The lowest BCUT2D eigenvalue weighted by Gasteiger charge is -2.13. The summed E-state index contributed by atoms with van der Waals surface area (Å²) in [7, 11) is 2.61. The van der Waals surface area contributed by atoms with Gasteiger partial charge >= 0.3 is 0 Å². The molecule has 0 aliphatic heterocycles. The summed E-state index contributed by atoms with van der Waals surface area (Å²) < 4.78 is 11.3. The van der Waals surface area contributed by atoms with E-state index in [-0.39, 0.29) is 5.91 Å². The van der Waals surface area contributed by atoms with Crippen LogP contribution in [0.1, 0.15) is 17.3 Å². The van der Waals surface area contributed by atoms with E-state index in [1.54, 1.807) is 32.3 Å². The van der Waals surface area contributed by atoms with Crippen molar-refractivity contribution in [1.29, 1.82) is 0 Å². The number of carbonyl (C=O) groups is 1. The second-order valence-electron chi connectivity index (χ2n) is 4.36. The zero-order valence-electron chi connectivity index (χ0n) is 11.6. The van der Waals surface area contributed by atoms with Crippen LogP contribution in [0.15, 0.2) is 18.2 Å². The number of nitrogens with zero attached hydrogens (tertiary/aromatic N) is 1. The van der Waals surface area contributed by atoms with Gasteiger partial charge in [-0.2, -0.15) is 0 Å². The van der Waals surface area contributed by atoms with Crippen LogP contribution in [0.4, 0.5) is 11.4 Å². The second-order valence-corrected chi connectivity index (χ2v) is 6.23. The van der Waals surface area contributed by atoms with Gasteiger partial charge < -0.3 is 16.0 Å². The molecule has 0 aliphatic rings. The smallest absolute Gasteiger partial charge is 0.253 e. The summed E-state index contributed by atoms with van der Waals surface area (Å²) in [6.07, 6.45) is 0. The zero-order valence-corrected chi connectivity index (χ0v) is 12.4. The molecule has 0 saturated carbocycles. The summed E-state index contributed by atoms with van der Waals surface area (Å²) in [4.78, 5) is 13.3. The number of amides is 1. The molecule has 1 aromatic rings. The molecule has 5 nitrogen and oxygen atoms in total. The second kappa shape index (κ2) is 7.13. The highest BCUT2D eigenvalue weighted by atomic mass is 32.2. The van der Waals surface area contributed by atoms with E-state index in [0.717, 1.165) is 5.69 Å². The Balaban J connectivity index is 2.67. The van der Waals surface area contributed by atoms with E-state index in [1.165, 1.54) is 4.90 Å². The third-order valence-electron chi connectivity index (χ3n) is 2.67. The first kappa shape index (κ1) is 15.5. The van der Waals surface area contributed by atoms with Crippen LogP contribution in [-0.4, -0.2) is 47.2 Å². The van der Waals surface area contributed by atoms with Crippen LogP contribution in [0.25, 0.3) is 0 Å². The molecule has 1 unspecified atom stereocenters. The highest BCUT2D eigenvalue weighted by molar-refractivity contribution is 7.84. The summed E-state index contributed by atoms with van der Waals surface area (Å²) >= 11 is 0. The van der Waals surface area contributed by atoms with Crippen molar-refractivity contribution in [2.45, 2.75) is 6.92 Å². The Morgan fingerprint density at radius 3 is 2.63 bits per heavy atom. The van der Waals surface area contributed by atoms with Gasteiger partial charge in [-0.15, -0.1) is 0 Å². The van der Waals surface area contributed by atoms with E-state index in [4.69, 9.17) is 5.73 Å². The van der Waals surface area contributed by atoms with Crippen LogP contribution < -0.4 is 11.1 Å². The van der Waals surface area contributed by atoms with Crippen molar-refractivity contribution < 1.29 is 9.00 Å². The lowest BCUT2D eigenvalue weighted by Crippen LogP contribution is -2.22. The van der Waals surface area contributed by atoms with Crippen LogP contribution >= 0.6 is 0 Å². The first-order valence-electron chi connectivity index (χ1n) is 6.15. The van der Waals surface area contributed by atoms with Crippen molar-refractivity contribution in [3.8, 4) is 0 Å². The lowest BCUT2D eigenvalue weighted by atomic mass is 10.1. The fraction of sp³-hybridized carbons (Fsp3) is 0.462. The minimum atomic E-state index is -0.789. The Labute approximate surface area is 116 Å². The maximum Gasteiger partial charge on any atom is 0.253 e. The largest absolute Gasteiger partial charge is 0.397 e. The minimum Gasteiger partial charge on any atom is -0.397 e. The Bertz CT molecular complexity index is 475. The number of hydrogen-bond acceptors (Lipinski definition) is 4. The average Bonchev–Trinajstić information content (AvgIpc) is 2.39. The maximum absolute atomic E-state index is 11.8. The van der Waals surface area contributed by atoms with Gasteiger partial charge in [0, 0.05) is 48.5 Å². The summed E-state index contributed by atoms with van der Waals surface area (Å²) in [5.74, 6) is 1.17. The normalized spacial score (nSPS) is 11.9. The molecule has 0 heterocycles. The highest BCUT2D eigenvalue weighted by Gasteiger charge is 2.09. The molecule has 0 saturated heterocycles. The first-order valence-corrected chi connectivity index (χ1v) is 7.64. The molecule has 0 fully saturated rings. The molecule has 19 heavy (non-hydrogen) atoms. The van der Waals surface area contributed by atoms with Crippen molar-refractivity contribution in [2.75, 3.05) is 43.2 Å². The fourth-order valence-electron chi connectivity index (χ4n) is 1.56. The van der Waals surface area contributed by atoms with E-state index in [9.17, 15) is 9.00 Å². The molecule has 3 N–H and O–H groups in total. The number of rotatable bonds is 6. The molecule has 0 aliphatic carbocycles. The van der Waals surface area contributed by atoms with E-state index in [0.29, 0.717) is 29.3 Å². The number of nitrogens with one attached hydrogen (secondary N) is 1. The first-order chi connectivity index (χ1) is 8.95. The number of carbonyl (C=O) groups excluding carboxylic acids is 1. The van der Waals surface area contributed by atoms with Crippen LogP contribution in [0.2, 0.25) is 0 Å². The van der Waals surface area contributed by atoms with E-state index in [1.807, 2.05) is 6.92 Å². The molecule has 1 aromatic carbocycles. The van der Waals surface area contributed by atoms with Crippen LogP contribution in [-0.2, 0) is 10.8 Å². The number of nitrogens with two attached hydrogens (primary N) is 1. The van der Waals surface area contributed by atoms with Gasteiger partial charge in [0.1, 0.15) is 0 Å². The Kier molecular flexibility index (Phi) is 5.82. The van der Waals surface area contributed by atoms with Crippen LogP contribution in [0.3, 0.4) is 0 Å². The summed E-state index contributed by atoms with van der Waals surface area (Å²) in [5, 5.41) is 3.13. The predicted molar refractivity (Wildman–Crippen MR) is 80.9 cm³/mol. The van der Waals surface area contributed by atoms with Gasteiger partial charge in [-0.25, -0.2) is 0 Å². The molecule has 106 valence electrons. The monoisotopic (exact) mass is 283 g/mol. The predicted octanol–water partition coefficient (Wildman–Crippen LogP) is 1.15. The molecule has 1 rings (SSSR count). The van der Waals surface area contributed by atoms with Crippen molar-refractivity contribution >= 4 is 28.1 Å². The van der Waals surface area contributed by atoms with Gasteiger partial charge in [-0.1, -0.05) is 6.92 Å².